The first kappa shape index (κ1) is 24.3. The molecule has 0 aliphatic rings. The van der Waals surface area contributed by atoms with Crippen LogP contribution in [0.5, 0.6) is 0 Å². The van der Waals surface area contributed by atoms with Crippen LogP contribution in [0.4, 0.5) is 0 Å². The van der Waals surface area contributed by atoms with Gasteiger partial charge in [-0.1, -0.05) is 89.9 Å². The molecular formula is C29H28Cl2N2O. The highest BCUT2D eigenvalue weighted by atomic mass is 35.5. The second-order valence-electron chi connectivity index (χ2n) is 8.50. The standard InChI is InChI=1S/C29H28Cl2N2O/c1-21(27-11-5-8-24-7-2-3-10-28(24)27)32-17-16-29(34)33(19-22-12-14-25(30)15-13-22)20-23-6-4-9-26(31)18-23/h2-15,18,21,32H,16-17,19-20H2,1H3/t21-/m1/s1. The maximum Gasteiger partial charge on any atom is 0.224 e. The summed E-state index contributed by atoms with van der Waals surface area (Å²) in [5.74, 6) is 0.0903. The van der Waals surface area contributed by atoms with Gasteiger partial charge >= 0.3 is 0 Å². The van der Waals surface area contributed by atoms with E-state index in [1.807, 2.05) is 53.4 Å². The molecule has 1 amide bonds. The minimum absolute atomic E-state index is 0.0903. The molecule has 0 bridgehead atoms. The molecule has 4 rings (SSSR count). The highest BCUT2D eigenvalue weighted by Crippen LogP contribution is 2.24. The summed E-state index contributed by atoms with van der Waals surface area (Å²) in [6.07, 6.45) is 0.406. The van der Waals surface area contributed by atoms with Crippen LogP contribution in [0.3, 0.4) is 0 Å². The Morgan fingerprint density at radius 3 is 2.32 bits per heavy atom. The van der Waals surface area contributed by atoms with Gasteiger partial charge < -0.3 is 10.2 Å². The Balaban J connectivity index is 1.42. The molecule has 0 saturated heterocycles. The number of hydrogen-bond donors (Lipinski definition) is 1. The van der Waals surface area contributed by atoms with Gasteiger partial charge in [0.05, 0.1) is 0 Å². The van der Waals surface area contributed by atoms with E-state index in [4.69, 9.17) is 23.2 Å². The Kier molecular flexibility index (Phi) is 8.23. The van der Waals surface area contributed by atoms with Gasteiger partial charge in [-0.2, -0.15) is 0 Å². The molecule has 1 N–H and O–H groups in total. The molecule has 0 fully saturated rings. The van der Waals surface area contributed by atoms with Gasteiger partial charge in [-0.15, -0.1) is 0 Å². The zero-order chi connectivity index (χ0) is 23.9. The van der Waals surface area contributed by atoms with Crippen LogP contribution in [0.2, 0.25) is 10.0 Å². The Hall–Kier alpha value is -2.85. The number of hydrogen-bond acceptors (Lipinski definition) is 2. The average molecular weight is 491 g/mol. The van der Waals surface area contributed by atoms with Crippen LogP contribution in [0, 0.1) is 0 Å². The third kappa shape index (κ3) is 6.38. The number of nitrogens with zero attached hydrogens (tertiary/aromatic N) is 1. The van der Waals surface area contributed by atoms with E-state index in [1.54, 1.807) is 0 Å². The van der Waals surface area contributed by atoms with Crippen molar-refractivity contribution in [2.45, 2.75) is 32.5 Å². The minimum Gasteiger partial charge on any atom is -0.334 e. The van der Waals surface area contributed by atoms with Gasteiger partial charge in [0.1, 0.15) is 0 Å². The molecule has 1 atom stereocenters. The van der Waals surface area contributed by atoms with E-state index in [9.17, 15) is 4.79 Å². The van der Waals surface area contributed by atoms with Gasteiger partial charge in [-0.05, 0) is 58.7 Å². The zero-order valence-electron chi connectivity index (χ0n) is 19.2. The lowest BCUT2D eigenvalue weighted by atomic mass is 9.99. The van der Waals surface area contributed by atoms with Crippen molar-refractivity contribution in [3.63, 3.8) is 0 Å². The van der Waals surface area contributed by atoms with E-state index < -0.39 is 0 Å². The van der Waals surface area contributed by atoms with Crippen LogP contribution in [0.15, 0.2) is 91.0 Å². The first-order valence-corrected chi connectivity index (χ1v) is 12.2. The molecule has 0 aliphatic carbocycles. The molecule has 0 radical (unpaired) electrons. The molecule has 0 spiro atoms. The molecule has 0 aliphatic heterocycles. The lowest BCUT2D eigenvalue weighted by Crippen LogP contribution is -2.33. The largest absolute Gasteiger partial charge is 0.334 e. The summed E-state index contributed by atoms with van der Waals surface area (Å²) in [5.41, 5.74) is 3.28. The van der Waals surface area contributed by atoms with Gasteiger partial charge in [0.15, 0.2) is 0 Å². The van der Waals surface area contributed by atoms with Crippen LogP contribution < -0.4 is 5.32 Å². The molecule has 5 heteroatoms. The number of carbonyl (C=O) groups is 1. The van der Waals surface area contributed by atoms with Crippen molar-refractivity contribution in [3.05, 3.63) is 118 Å². The number of rotatable bonds is 9. The lowest BCUT2D eigenvalue weighted by Gasteiger charge is -2.24. The van der Waals surface area contributed by atoms with Gasteiger partial charge in [0, 0.05) is 42.1 Å². The van der Waals surface area contributed by atoms with E-state index >= 15 is 0 Å². The molecule has 174 valence electrons. The third-order valence-electron chi connectivity index (χ3n) is 5.98. The normalized spacial score (nSPS) is 12.0. The Bertz CT molecular complexity index is 1250. The summed E-state index contributed by atoms with van der Waals surface area (Å²) in [4.78, 5) is 15.1. The summed E-state index contributed by atoms with van der Waals surface area (Å²) < 4.78 is 0. The van der Waals surface area contributed by atoms with E-state index in [1.165, 1.54) is 16.3 Å². The topological polar surface area (TPSA) is 32.3 Å². The van der Waals surface area contributed by atoms with E-state index in [-0.39, 0.29) is 11.9 Å². The molecule has 3 nitrogen and oxygen atoms in total. The van der Waals surface area contributed by atoms with E-state index in [0.29, 0.717) is 36.1 Å². The molecule has 0 saturated carbocycles. The second-order valence-corrected chi connectivity index (χ2v) is 9.37. The predicted molar refractivity (Wildman–Crippen MR) is 142 cm³/mol. The highest BCUT2D eigenvalue weighted by Gasteiger charge is 2.16. The van der Waals surface area contributed by atoms with Crippen LogP contribution in [0.25, 0.3) is 10.8 Å². The first-order valence-electron chi connectivity index (χ1n) is 11.5. The summed E-state index contributed by atoms with van der Waals surface area (Å²) >= 11 is 12.2. The number of fused-ring (bicyclic) bond motifs is 1. The van der Waals surface area contributed by atoms with Crippen LogP contribution in [-0.2, 0) is 17.9 Å². The van der Waals surface area contributed by atoms with Gasteiger partial charge in [-0.25, -0.2) is 0 Å². The van der Waals surface area contributed by atoms with Crippen LogP contribution >= 0.6 is 23.2 Å². The van der Waals surface area contributed by atoms with Gasteiger partial charge in [-0.3, -0.25) is 4.79 Å². The van der Waals surface area contributed by atoms with Gasteiger partial charge in [0.25, 0.3) is 0 Å². The monoisotopic (exact) mass is 490 g/mol. The minimum atomic E-state index is 0.0903. The number of amides is 1. The summed E-state index contributed by atoms with van der Waals surface area (Å²) in [6, 6.07) is 30.2. The average Bonchev–Trinajstić information content (AvgIpc) is 2.84. The summed E-state index contributed by atoms with van der Waals surface area (Å²) in [5, 5.41) is 7.35. The number of halogens is 2. The van der Waals surface area contributed by atoms with Crippen molar-refractivity contribution in [2.75, 3.05) is 6.54 Å². The fourth-order valence-electron chi connectivity index (χ4n) is 4.19. The Labute approximate surface area is 211 Å². The molecule has 0 unspecified atom stereocenters. The van der Waals surface area contributed by atoms with Crippen LogP contribution in [0.1, 0.15) is 36.1 Å². The molecule has 0 aromatic heterocycles. The quantitative estimate of drug-likeness (QED) is 0.264. The number of carbonyl (C=O) groups excluding carboxylic acids is 1. The van der Waals surface area contributed by atoms with Crippen molar-refractivity contribution in [2.24, 2.45) is 0 Å². The van der Waals surface area contributed by atoms with E-state index in [0.717, 1.165) is 11.1 Å². The Morgan fingerprint density at radius 2 is 1.53 bits per heavy atom. The summed E-state index contributed by atoms with van der Waals surface area (Å²) in [6.45, 7) is 3.75. The smallest absolute Gasteiger partial charge is 0.224 e. The Morgan fingerprint density at radius 1 is 0.824 bits per heavy atom. The fourth-order valence-corrected chi connectivity index (χ4v) is 4.53. The number of nitrogens with one attached hydrogen (secondary N) is 1. The predicted octanol–water partition coefficient (Wildman–Crippen LogP) is 7.42. The van der Waals surface area contributed by atoms with Gasteiger partial charge in [0.2, 0.25) is 5.91 Å². The molecule has 0 heterocycles. The summed E-state index contributed by atoms with van der Waals surface area (Å²) in [7, 11) is 0. The van der Waals surface area contributed by atoms with Crippen molar-refractivity contribution in [3.8, 4) is 0 Å². The molecule has 4 aromatic rings. The van der Waals surface area contributed by atoms with Crippen LogP contribution in [-0.4, -0.2) is 17.4 Å². The van der Waals surface area contributed by atoms with Crippen molar-refractivity contribution in [1.82, 2.24) is 10.2 Å². The maximum absolute atomic E-state index is 13.3. The van der Waals surface area contributed by atoms with Crippen molar-refractivity contribution < 1.29 is 4.79 Å². The van der Waals surface area contributed by atoms with Crippen molar-refractivity contribution in [1.29, 1.82) is 0 Å². The zero-order valence-corrected chi connectivity index (χ0v) is 20.7. The third-order valence-corrected chi connectivity index (χ3v) is 6.47. The SMILES string of the molecule is C[C@@H](NCCC(=O)N(Cc1ccc(Cl)cc1)Cc1cccc(Cl)c1)c1cccc2ccccc12. The lowest BCUT2D eigenvalue weighted by molar-refractivity contribution is -0.132. The van der Waals surface area contributed by atoms with Crippen molar-refractivity contribution >= 4 is 39.9 Å². The van der Waals surface area contributed by atoms with E-state index in [2.05, 4.69) is 54.7 Å². The number of benzene rings is 4. The fraction of sp³-hybridized carbons (Fsp3) is 0.207. The second kappa shape index (κ2) is 11.5. The first-order chi connectivity index (χ1) is 16.5. The molecule has 4 aromatic carbocycles. The maximum atomic E-state index is 13.3. The highest BCUT2D eigenvalue weighted by molar-refractivity contribution is 6.30. The molecular weight excluding hydrogens is 463 g/mol. The molecule has 34 heavy (non-hydrogen) atoms.